The Hall–Kier alpha value is -3.34. The predicted molar refractivity (Wildman–Crippen MR) is 102 cm³/mol. The van der Waals surface area contributed by atoms with Crippen molar-refractivity contribution in [3.05, 3.63) is 54.2 Å². The first kappa shape index (κ1) is 18.5. The van der Waals surface area contributed by atoms with Crippen molar-refractivity contribution in [1.82, 2.24) is 25.2 Å². The normalized spacial score (nSPS) is 11.4. The van der Waals surface area contributed by atoms with Gasteiger partial charge in [0.15, 0.2) is 0 Å². The molecule has 0 aliphatic heterocycles. The number of nitrogen functional groups attached to an aromatic ring is 1. The second-order valence-corrected chi connectivity index (χ2v) is 6.29. The molecule has 0 aliphatic rings. The smallest absolute Gasteiger partial charge is 0.264 e. The average molecular weight is 386 g/mol. The Labute approximate surface area is 159 Å². The molecule has 0 bridgehead atoms. The zero-order valence-electron chi connectivity index (χ0n) is 14.5. The molecule has 3 aromatic heterocycles. The Balaban J connectivity index is 1.51. The van der Waals surface area contributed by atoms with Crippen molar-refractivity contribution in [2.24, 2.45) is 5.10 Å². The summed E-state index contributed by atoms with van der Waals surface area (Å²) in [6.45, 7) is 2.14. The van der Waals surface area contributed by atoms with E-state index < -0.39 is 0 Å². The monoisotopic (exact) mass is 386 g/mol. The number of carbonyl (C=O) groups excluding carboxylic acids is 1. The zero-order chi connectivity index (χ0) is 19.1. The Morgan fingerprint density at radius 2 is 2.22 bits per heavy atom. The quantitative estimate of drug-likeness (QED) is 0.227. The molecule has 10 nitrogen and oxygen atoms in total. The maximum Gasteiger partial charge on any atom is 0.264 e. The summed E-state index contributed by atoms with van der Waals surface area (Å²) in [5.74, 6) is 6.86. The molecule has 0 radical (unpaired) electrons. The highest BCUT2D eigenvalue weighted by Crippen LogP contribution is 2.16. The first-order valence-electron chi connectivity index (χ1n) is 7.97. The lowest BCUT2D eigenvalue weighted by molar-refractivity contribution is -0.118. The lowest BCUT2D eigenvalue weighted by Gasteiger charge is -2.04. The number of nitrogens with two attached hydrogens (primary N) is 1. The van der Waals surface area contributed by atoms with Crippen LogP contribution in [0.2, 0.25) is 0 Å². The van der Waals surface area contributed by atoms with Crippen LogP contribution in [0.5, 0.6) is 0 Å². The van der Waals surface area contributed by atoms with Gasteiger partial charge in [-0.1, -0.05) is 17.8 Å². The lowest BCUT2D eigenvalue weighted by atomic mass is 10.3. The summed E-state index contributed by atoms with van der Waals surface area (Å²) in [4.78, 5) is 16.1. The number of pyridine rings is 1. The van der Waals surface area contributed by atoms with Crippen LogP contribution in [-0.2, 0) is 11.3 Å². The maximum absolute atomic E-state index is 11.9. The molecule has 3 aromatic rings. The molecule has 3 heterocycles. The van der Waals surface area contributed by atoms with Crippen molar-refractivity contribution < 1.29 is 9.21 Å². The van der Waals surface area contributed by atoms with Crippen molar-refractivity contribution in [2.45, 2.75) is 18.6 Å². The van der Waals surface area contributed by atoms with Crippen LogP contribution in [0.3, 0.4) is 0 Å². The van der Waals surface area contributed by atoms with Crippen molar-refractivity contribution in [2.75, 3.05) is 17.0 Å². The lowest BCUT2D eigenvalue weighted by Crippen LogP contribution is -2.24. The van der Waals surface area contributed by atoms with Gasteiger partial charge in [-0.15, -0.1) is 10.2 Å². The molecule has 3 rings (SSSR count). The summed E-state index contributed by atoms with van der Waals surface area (Å²) in [5, 5.41) is 15.2. The molecule has 4 N–H and O–H groups in total. The van der Waals surface area contributed by atoms with E-state index in [0.717, 1.165) is 17.5 Å². The van der Waals surface area contributed by atoms with Crippen LogP contribution in [0.25, 0.3) is 0 Å². The molecular formula is C16H18N8O2S. The third-order valence-electron chi connectivity index (χ3n) is 3.40. The van der Waals surface area contributed by atoms with Crippen molar-refractivity contribution in [1.29, 1.82) is 0 Å². The van der Waals surface area contributed by atoms with E-state index in [4.69, 9.17) is 10.3 Å². The minimum atomic E-state index is -0.169. The summed E-state index contributed by atoms with van der Waals surface area (Å²) in [6, 6.07) is 9.10. The van der Waals surface area contributed by atoms with Crippen LogP contribution >= 0.6 is 11.8 Å². The fourth-order valence-electron chi connectivity index (χ4n) is 2.00. The van der Waals surface area contributed by atoms with Gasteiger partial charge in [-0.25, -0.2) is 10.1 Å². The van der Waals surface area contributed by atoms with Crippen LogP contribution < -0.4 is 16.6 Å². The van der Waals surface area contributed by atoms with Crippen LogP contribution in [0, 0.1) is 0 Å². The number of hydrogen-bond donors (Lipinski definition) is 3. The Bertz CT molecular complexity index is 908. The SMILES string of the molecule is C/C(=N\Nc1nnc(SCC(=O)NCc2ccco2)n1N)c1ccccn1. The molecule has 0 saturated heterocycles. The molecule has 0 fully saturated rings. The number of hydrazone groups is 1. The van der Waals surface area contributed by atoms with E-state index in [-0.39, 0.29) is 17.6 Å². The molecule has 1 amide bonds. The minimum Gasteiger partial charge on any atom is -0.467 e. The Kier molecular flexibility index (Phi) is 6.05. The van der Waals surface area contributed by atoms with Gasteiger partial charge in [0.2, 0.25) is 11.1 Å². The van der Waals surface area contributed by atoms with E-state index in [1.54, 1.807) is 24.6 Å². The molecule has 0 aromatic carbocycles. The summed E-state index contributed by atoms with van der Waals surface area (Å²) in [5.41, 5.74) is 4.15. The second-order valence-electron chi connectivity index (χ2n) is 5.34. The number of nitrogens with zero attached hydrogens (tertiary/aromatic N) is 5. The molecule has 0 unspecified atom stereocenters. The first-order valence-corrected chi connectivity index (χ1v) is 8.96. The highest BCUT2D eigenvalue weighted by molar-refractivity contribution is 7.99. The summed E-state index contributed by atoms with van der Waals surface area (Å²) < 4.78 is 6.39. The number of rotatable bonds is 8. The van der Waals surface area contributed by atoms with Crippen molar-refractivity contribution >= 4 is 29.3 Å². The number of thioether (sulfide) groups is 1. The van der Waals surface area contributed by atoms with E-state index in [2.05, 4.69) is 31.0 Å². The summed E-state index contributed by atoms with van der Waals surface area (Å²) in [6.07, 6.45) is 3.24. The summed E-state index contributed by atoms with van der Waals surface area (Å²) >= 11 is 1.16. The van der Waals surface area contributed by atoms with Crippen LogP contribution in [0.15, 0.2) is 57.5 Å². The van der Waals surface area contributed by atoms with Gasteiger partial charge in [0.05, 0.1) is 30.0 Å². The van der Waals surface area contributed by atoms with Gasteiger partial charge in [0, 0.05) is 6.20 Å². The third-order valence-corrected chi connectivity index (χ3v) is 4.34. The average Bonchev–Trinajstić information content (AvgIpc) is 3.33. The highest BCUT2D eigenvalue weighted by Gasteiger charge is 2.12. The molecule has 140 valence electrons. The van der Waals surface area contributed by atoms with Gasteiger partial charge >= 0.3 is 0 Å². The molecule has 0 spiro atoms. The van der Waals surface area contributed by atoms with E-state index in [1.165, 1.54) is 4.68 Å². The predicted octanol–water partition coefficient (Wildman–Crippen LogP) is 1.22. The molecule has 11 heteroatoms. The number of aromatic nitrogens is 4. The number of amides is 1. The largest absolute Gasteiger partial charge is 0.467 e. The van der Waals surface area contributed by atoms with E-state index in [9.17, 15) is 4.79 Å². The third kappa shape index (κ3) is 5.07. The van der Waals surface area contributed by atoms with Gasteiger partial charge in [0.1, 0.15) is 5.76 Å². The van der Waals surface area contributed by atoms with Crippen molar-refractivity contribution in [3.63, 3.8) is 0 Å². The highest BCUT2D eigenvalue weighted by atomic mass is 32.2. The molecular weight excluding hydrogens is 368 g/mol. The number of anilines is 1. The standard InChI is InChI=1S/C16H18N8O2S/c1-11(13-6-2-3-7-18-13)20-21-15-22-23-16(24(15)17)27-10-14(25)19-9-12-5-4-8-26-12/h2-8H,9-10,17H2,1H3,(H,19,25)(H,21,22)/b20-11+. The number of hydrogen-bond acceptors (Lipinski definition) is 9. The molecule has 0 atom stereocenters. The van der Waals surface area contributed by atoms with Gasteiger partial charge in [-0.2, -0.15) is 5.10 Å². The first-order chi connectivity index (χ1) is 13.1. The minimum absolute atomic E-state index is 0.145. The maximum atomic E-state index is 11.9. The fraction of sp³-hybridized carbons (Fsp3) is 0.188. The fourth-order valence-corrected chi connectivity index (χ4v) is 2.69. The van der Waals surface area contributed by atoms with Gasteiger partial charge < -0.3 is 15.6 Å². The van der Waals surface area contributed by atoms with Crippen LogP contribution in [0.4, 0.5) is 5.95 Å². The van der Waals surface area contributed by atoms with Gasteiger partial charge in [0.25, 0.3) is 5.95 Å². The number of furan rings is 1. The molecule has 0 saturated carbocycles. The van der Waals surface area contributed by atoms with Gasteiger partial charge in [-0.05, 0) is 31.2 Å². The number of carbonyl (C=O) groups is 1. The Morgan fingerprint density at radius 3 is 2.96 bits per heavy atom. The number of nitrogens with one attached hydrogen (secondary N) is 2. The summed E-state index contributed by atoms with van der Waals surface area (Å²) in [7, 11) is 0. The Morgan fingerprint density at radius 1 is 1.33 bits per heavy atom. The zero-order valence-corrected chi connectivity index (χ0v) is 15.3. The van der Waals surface area contributed by atoms with Gasteiger partial charge in [-0.3, -0.25) is 9.78 Å². The topological polar surface area (TPSA) is 136 Å². The molecule has 0 aliphatic carbocycles. The van der Waals surface area contributed by atoms with Crippen LogP contribution in [-0.4, -0.2) is 37.2 Å². The second kappa shape index (κ2) is 8.85. The van der Waals surface area contributed by atoms with E-state index >= 15 is 0 Å². The van der Waals surface area contributed by atoms with E-state index in [0.29, 0.717) is 23.2 Å². The van der Waals surface area contributed by atoms with Crippen LogP contribution in [0.1, 0.15) is 18.4 Å². The van der Waals surface area contributed by atoms with E-state index in [1.807, 2.05) is 25.1 Å². The van der Waals surface area contributed by atoms with Crippen molar-refractivity contribution in [3.8, 4) is 0 Å². The molecule has 27 heavy (non-hydrogen) atoms.